The molecule has 0 saturated heterocycles. The van der Waals surface area contributed by atoms with Crippen LogP contribution in [0.4, 0.5) is 5.69 Å². The summed E-state index contributed by atoms with van der Waals surface area (Å²) in [6.07, 6.45) is -0.539. The number of ether oxygens (including phenoxy) is 1. The van der Waals surface area contributed by atoms with Gasteiger partial charge in [-0.25, -0.2) is 0 Å². The van der Waals surface area contributed by atoms with Crippen molar-refractivity contribution >= 4 is 11.6 Å². The minimum Gasteiger partial charge on any atom is -0.478 e. The third-order valence-corrected chi connectivity index (χ3v) is 2.26. The minimum atomic E-state index is -0.539. The Morgan fingerprint density at radius 3 is 2.81 bits per heavy atom. The number of aryl methyl sites for hydroxylation is 1. The summed E-state index contributed by atoms with van der Waals surface area (Å²) in [4.78, 5) is 11.5. The normalized spacial score (nSPS) is 11.9. The zero-order chi connectivity index (χ0) is 12.1. The molecule has 0 aliphatic rings. The predicted octanol–water partition coefficient (Wildman–Crippen LogP) is 1.48. The van der Waals surface area contributed by atoms with E-state index in [1.54, 1.807) is 13.0 Å². The van der Waals surface area contributed by atoms with Gasteiger partial charge >= 0.3 is 0 Å². The Morgan fingerprint density at radius 1 is 1.56 bits per heavy atom. The molecular weight excluding hydrogens is 204 g/mol. The monoisotopic (exact) mass is 222 g/mol. The van der Waals surface area contributed by atoms with Crippen LogP contribution in [0.3, 0.4) is 0 Å². The third kappa shape index (κ3) is 2.89. The Hall–Kier alpha value is -1.71. The van der Waals surface area contributed by atoms with Crippen LogP contribution in [0.5, 0.6) is 5.75 Å². The number of likely N-dealkylation sites (N-methyl/N-ethyl adjacent to an activating group) is 1. The summed E-state index contributed by atoms with van der Waals surface area (Å²) in [5.74, 6) is 0.450. The molecule has 3 N–H and O–H groups in total. The number of nitrogens with two attached hydrogens (primary N) is 1. The van der Waals surface area contributed by atoms with Crippen LogP contribution in [0.25, 0.3) is 0 Å². The van der Waals surface area contributed by atoms with Crippen molar-refractivity contribution in [3.05, 3.63) is 23.8 Å². The molecule has 4 nitrogen and oxygen atoms in total. The van der Waals surface area contributed by atoms with E-state index in [1.165, 1.54) is 0 Å². The first kappa shape index (κ1) is 12.4. The minimum absolute atomic E-state index is 0.134. The van der Waals surface area contributed by atoms with Gasteiger partial charge in [-0.15, -0.1) is 0 Å². The zero-order valence-electron chi connectivity index (χ0n) is 9.91. The van der Waals surface area contributed by atoms with Gasteiger partial charge in [0.1, 0.15) is 5.75 Å². The Kier molecular flexibility index (Phi) is 4.17. The second-order valence-electron chi connectivity index (χ2n) is 3.65. The summed E-state index contributed by atoms with van der Waals surface area (Å²) < 4.78 is 5.55. The van der Waals surface area contributed by atoms with E-state index < -0.39 is 6.10 Å². The largest absolute Gasteiger partial charge is 0.478 e. The van der Waals surface area contributed by atoms with E-state index in [0.29, 0.717) is 18.0 Å². The van der Waals surface area contributed by atoms with Crippen LogP contribution in [0.1, 0.15) is 19.4 Å². The summed E-state index contributed by atoms with van der Waals surface area (Å²) in [7, 11) is 0. The molecule has 1 rings (SSSR count). The van der Waals surface area contributed by atoms with Crippen molar-refractivity contribution in [2.75, 3.05) is 12.3 Å². The fourth-order valence-electron chi connectivity index (χ4n) is 1.38. The molecule has 0 bridgehead atoms. The molecule has 0 spiro atoms. The highest BCUT2D eigenvalue weighted by Crippen LogP contribution is 2.26. The molecule has 1 aromatic rings. The van der Waals surface area contributed by atoms with E-state index in [9.17, 15) is 4.79 Å². The molecule has 1 atom stereocenters. The summed E-state index contributed by atoms with van der Waals surface area (Å²) in [6.45, 7) is 6.07. The first-order valence-electron chi connectivity index (χ1n) is 5.35. The highest BCUT2D eigenvalue weighted by Gasteiger charge is 2.15. The van der Waals surface area contributed by atoms with Crippen LogP contribution in [0.2, 0.25) is 0 Å². The maximum Gasteiger partial charge on any atom is 0.260 e. The van der Waals surface area contributed by atoms with Crippen molar-refractivity contribution in [2.24, 2.45) is 0 Å². The Balaban J connectivity index is 2.76. The number of benzene rings is 1. The molecule has 0 fully saturated rings. The highest BCUT2D eigenvalue weighted by molar-refractivity contribution is 5.80. The van der Waals surface area contributed by atoms with E-state index in [-0.39, 0.29) is 5.91 Å². The number of nitrogens with one attached hydrogen (secondary N) is 1. The predicted molar refractivity (Wildman–Crippen MR) is 64.4 cm³/mol. The van der Waals surface area contributed by atoms with Crippen molar-refractivity contribution < 1.29 is 9.53 Å². The fraction of sp³-hybridized carbons (Fsp3) is 0.417. The molecule has 4 heteroatoms. The number of hydrogen-bond donors (Lipinski definition) is 2. The summed E-state index contributed by atoms with van der Waals surface area (Å²) in [6, 6.07) is 5.51. The summed E-state index contributed by atoms with van der Waals surface area (Å²) in [5, 5.41) is 2.70. The molecule has 0 heterocycles. The maximum atomic E-state index is 11.5. The van der Waals surface area contributed by atoms with Crippen LogP contribution in [0, 0.1) is 6.92 Å². The molecule has 1 unspecified atom stereocenters. The van der Waals surface area contributed by atoms with Gasteiger partial charge in [-0.2, -0.15) is 0 Å². The molecule has 0 aromatic heterocycles. The molecule has 16 heavy (non-hydrogen) atoms. The third-order valence-electron chi connectivity index (χ3n) is 2.26. The number of para-hydroxylation sites is 1. The second-order valence-corrected chi connectivity index (χ2v) is 3.65. The van der Waals surface area contributed by atoms with Gasteiger partial charge < -0.3 is 15.8 Å². The molecule has 0 aliphatic heterocycles. The van der Waals surface area contributed by atoms with Crippen molar-refractivity contribution in [3.8, 4) is 5.75 Å². The van der Waals surface area contributed by atoms with Gasteiger partial charge in [0.25, 0.3) is 5.91 Å². The van der Waals surface area contributed by atoms with Crippen LogP contribution >= 0.6 is 0 Å². The number of nitrogen functional groups attached to an aromatic ring is 1. The lowest BCUT2D eigenvalue weighted by molar-refractivity contribution is -0.127. The van der Waals surface area contributed by atoms with E-state index in [2.05, 4.69) is 5.32 Å². The topological polar surface area (TPSA) is 64.3 Å². The van der Waals surface area contributed by atoms with E-state index in [4.69, 9.17) is 10.5 Å². The van der Waals surface area contributed by atoms with Gasteiger partial charge in [-0.05, 0) is 32.4 Å². The number of rotatable bonds is 4. The van der Waals surface area contributed by atoms with Gasteiger partial charge in [0.05, 0.1) is 5.69 Å². The smallest absolute Gasteiger partial charge is 0.260 e. The quantitative estimate of drug-likeness (QED) is 0.758. The van der Waals surface area contributed by atoms with Crippen molar-refractivity contribution in [3.63, 3.8) is 0 Å². The first-order valence-corrected chi connectivity index (χ1v) is 5.35. The molecule has 0 saturated carbocycles. The Bertz CT molecular complexity index is 357. The van der Waals surface area contributed by atoms with Gasteiger partial charge in [-0.1, -0.05) is 12.1 Å². The lowest BCUT2D eigenvalue weighted by Gasteiger charge is -2.17. The van der Waals surface area contributed by atoms with Gasteiger partial charge in [-0.3, -0.25) is 4.79 Å². The molecule has 1 aromatic carbocycles. The SMILES string of the molecule is CCNC(=O)C(C)Oc1c(C)cccc1N. The molecule has 0 radical (unpaired) electrons. The number of carbonyl (C=O) groups excluding carboxylic acids is 1. The van der Waals surface area contributed by atoms with Gasteiger partial charge in [0, 0.05) is 6.54 Å². The van der Waals surface area contributed by atoms with Crippen LogP contribution in [-0.2, 0) is 4.79 Å². The average Bonchev–Trinajstić information content (AvgIpc) is 2.23. The van der Waals surface area contributed by atoms with E-state index in [0.717, 1.165) is 5.56 Å². The standard InChI is InChI=1S/C12H18N2O2/c1-4-14-12(15)9(3)16-11-8(2)6-5-7-10(11)13/h5-7,9H,4,13H2,1-3H3,(H,14,15). The van der Waals surface area contributed by atoms with Crippen LogP contribution < -0.4 is 15.8 Å². The van der Waals surface area contributed by atoms with Gasteiger partial charge in [0.15, 0.2) is 6.10 Å². The molecule has 88 valence electrons. The lowest BCUT2D eigenvalue weighted by Crippen LogP contribution is -2.36. The highest BCUT2D eigenvalue weighted by atomic mass is 16.5. The number of hydrogen-bond acceptors (Lipinski definition) is 3. The van der Waals surface area contributed by atoms with Crippen molar-refractivity contribution in [2.45, 2.75) is 26.9 Å². The average molecular weight is 222 g/mol. The van der Waals surface area contributed by atoms with Crippen LogP contribution in [-0.4, -0.2) is 18.6 Å². The van der Waals surface area contributed by atoms with E-state index in [1.807, 2.05) is 26.0 Å². The Labute approximate surface area is 95.8 Å². The second kappa shape index (κ2) is 5.39. The molecular formula is C12H18N2O2. The number of carbonyl (C=O) groups is 1. The Morgan fingerprint density at radius 2 is 2.25 bits per heavy atom. The first-order chi connectivity index (χ1) is 7.56. The lowest BCUT2D eigenvalue weighted by atomic mass is 10.2. The molecule has 0 aliphatic carbocycles. The number of anilines is 1. The zero-order valence-corrected chi connectivity index (χ0v) is 9.91. The number of amides is 1. The summed E-state index contributed by atoms with van der Waals surface area (Å²) in [5.41, 5.74) is 7.27. The van der Waals surface area contributed by atoms with Crippen LogP contribution in [0.15, 0.2) is 18.2 Å². The maximum absolute atomic E-state index is 11.5. The van der Waals surface area contributed by atoms with Gasteiger partial charge in [0.2, 0.25) is 0 Å². The van der Waals surface area contributed by atoms with Crippen molar-refractivity contribution in [1.82, 2.24) is 5.32 Å². The van der Waals surface area contributed by atoms with Crippen molar-refractivity contribution in [1.29, 1.82) is 0 Å². The molecule has 1 amide bonds. The fourth-order valence-corrected chi connectivity index (χ4v) is 1.38. The summed E-state index contributed by atoms with van der Waals surface area (Å²) >= 11 is 0. The van der Waals surface area contributed by atoms with E-state index >= 15 is 0 Å².